The second-order valence-corrected chi connectivity index (χ2v) is 11.5. The normalized spacial score (nSPS) is 17.5. The van der Waals surface area contributed by atoms with Gasteiger partial charge in [-0.05, 0) is 60.5 Å². The highest BCUT2D eigenvalue weighted by Gasteiger charge is 2.48. The molecule has 1 N–H and O–H groups in total. The van der Waals surface area contributed by atoms with Gasteiger partial charge in [0.2, 0.25) is 5.13 Å². The van der Waals surface area contributed by atoms with Crippen LogP contribution >= 0.6 is 23.1 Å². The Morgan fingerprint density at radius 3 is 2.64 bits per heavy atom. The fourth-order valence-electron chi connectivity index (χ4n) is 4.72. The number of halogens is 1. The Hall–Kier alpha value is -4.42. The molecule has 9 nitrogen and oxygen atoms in total. The number of rotatable bonds is 8. The van der Waals surface area contributed by atoms with Crippen LogP contribution in [0.5, 0.6) is 17.2 Å². The zero-order chi connectivity index (χ0) is 29.2. The molecule has 214 valence electrons. The van der Waals surface area contributed by atoms with E-state index in [0.29, 0.717) is 58.3 Å². The summed E-state index contributed by atoms with van der Waals surface area (Å²) in [5.74, 6) is -0.348. The van der Waals surface area contributed by atoms with E-state index in [1.807, 2.05) is 6.92 Å². The van der Waals surface area contributed by atoms with Crippen molar-refractivity contribution in [1.29, 1.82) is 0 Å². The van der Waals surface area contributed by atoms with E-state index in [-0.39, 0.29) is 22.3 Å². The highest BCUT2D eigenvalue weighted by Crippen LogP contribution is 2.45. The zero-order valence-electron chi connectivity index (χ0n) is 22.3. The summed E-state index contributed by atoms with van der Waals surface area (Å²) in [4.78, 5) is 28.4. The molecule has 12 heteroatoms. The number of carbonyl (C=O) groups is 2. The Labute approximate surface area is 248 Å². The second kappa shape index (κ2) is 11.8. The van der Waals surface area contributed by atoms with Gasteiger partial charge in [0.15, 0.2) is 15.8 Å². The maximum atomic E-state index is 13.6. The molecule has 1 saturated heterocycles. The maximum Gasteiger partial charge on any atom is 0.301 e. The molecule has 6 rings (SSSR count). The highest BCUT2D eigenvalue weighted by molar-refractivity contribution is 8.00. The van der Waals surface area contributed by atoms with Crippen molar-refractivity contribution in [3.63, 3.8) is 0 Å². The molecule has 4 aromatic rings. The van der Waals surface area contributed by atoms with Gasteiger partial charge in [-0.1, -0.05) is 47.4 Å². The van der Waals surface area contributed by atoms with Crippen molar-refractivity contribution >= 4 is 45.7 Å². The van der Waals surface area contributed by atoms with Gasteiger partial charge in [-0.15, -0.1) is 10.2 Å². The summed E-state index contributed by atoms with van der Waals surface area (Å²) in [6.45, 7) is 3.04. The van der Waals surface area contributed by atoms with E-state index in [0.717, 1.165) is 16.9 Å². The number of amides is 1. The van der Waals surface area contributed by atoms with Crippen molar-refractivity contribution in [2.45, 2.75) is 23.1 Å². The number of anilines is 1. The molecule has 1 aromatic heterocycles. The standard InChI is InChI=1S/C30H24FN3O6S2/c1-2-38-21-5-3-4-18(14-21)25-24(26(35)19-8-11-22-23(15-19)40-13-12-39-22)27(36)28(37)34(25)29-32-33-30(42-29)41-16-17-6-9-20(31)10-7-17/h3-11,14-15,25,35H,2,12-13,16H2,1H3. The average molecular weight is 606 g/mol. The third-order valence-electron chi connectivity index (χ3n) is 6.62. The molecule has 1 unspecified atom stereocenters. The SMILES string of the molecule is CCOc1cccc(C2C(=C(O)c3ccc4c(c3)OCCO4)C(=O)C(=O)N2c2nnc(SCc3ccc(F)cc3)s2)c1. The minimum absolute atomic E-state index is 0.0963. The predicted octanol–water partition coefficient (Wildman–Crippen LogP) is 5.77. The van der Waals surface area contributed by atoms with Gasteiger partial charge in [-0.3, -0.25) is 14.5 Å². The number of carbonyl (C=O) groups excluding carboxylic acids is 2. The molecule has 0 bridgehead atoms. The van der Waals surface area contributed by atoms with Crippen LogP contribution in [-0.4, -0.2) is 46.8 Å². The van der Waals surface area contributed by atoms with Gasteiger partial charge in [-0.25, -0.2) is 4.39 Å². The minimum Gasteiger partial charge on any atom is -0.507 e. The van der Waals surface area contributed by atoms with Gasteiger partial charge in [0.25, 0.3) is 5.78 Å². The van der Waals surface area contributed by atoms with Crippen molar-refractivity contribution in [2.24, 2.45) is 0 Å². The molecular formula is C30H24FN3O6S2. The van der Waals surface area contributed by atoms with Crippen LogP contribution in [0.1, 0.15) is 29.7 Å². The molecule has 42 heavy (non-hydrogen) atoms. The number of aliphatic hydroxyl groups excluding tert-OH is 1. The van der Waals surface area contributed by atoms with Crippen molar-refractivity contribution in [2.75, 3.05) is 24.7 Å². The smallest absolute Gasteiger partial charge is 0.301 e. The number of benzene rings is 3. The molecule has 2 aliphatic heterocycles. The Morgan fingerprint density at radius 2 is 1.86 bits per heavy atom. The summed E-state index contributed by atoms with van der Waals surface area (Å²) >= 11 is 2.52. The van der Waals surface area contributed by atoms with Crippen LogP contribution < -0.4 is 19.1 Å². The Bertz CT molecular complexity index is 1690. The summed E-state index contributed by atoms with van der Waals surface area (Å²) in [7, 11) is 0. The first-order chi connectivity index (χ1) is 20.4. The molecule has 3 heterocycles. The van der Waals surface area contributed by atoms with Gasteiger partial charge < -0.3 is 19.3 Å². The number of fused-ring (bicyclic) bond motifs is 1. The molecule has 0 spiro atoms. The van der Waals surface area contributed by atoms with Crippen LogP contribution in [-0.2, 0) is 15.3 Å². The lowest BCUT2D eigenvalue weighted by Crippen LogP contribution is -2.29. The van der Waals surface area contributed by atoms with Crippen LogP contribution in [0.2, 0.25) is 0 Å². The number of nitrogens with zero attached hydrogens (tertiary/aromatic N) is 3. The Balaban J connectivity index is 1.39. The van der Waals surface area contributed by atoms with Gasteiger partial charge in [-0.2, -0.15) is 0 Å². The summed E-state index contributed by atoms with van der Waals surface area (Å²) < 4.78 is 30.8. The van der Waals surface area contributed by atoms with Crippen molar-refractivity contribution in [3.05, 3.63) is 94.8 Å². The number of ether oxygens (including phenoxy) is 3. The van der Waals surface area contributed by atoms with E-state index in [4.69, 9.17) is 14.2 Å². The minimum atomic E-state index is -0.999. The van der Waals surface area contributed by atoms with Crippen molar-refractivity contribution in [3.8, 4) is 17.2 Å². The zero-order valence-corrected chi connectivity index (χ0v) is 23.9. The largest absolute Gasteiger partial charge is 0.507 e. The third-order valence-corrected chi connectivity index (χ3v) is 8.75. The summed E-state index contributed by atoms with van der Waals surface area (Å²) in [6, 6.07) is 17.0. The number of hydrogen-bond acceptors (Lipinski definition) is 10. The lowest BCUT2D eigenvalue weighted by Gasteiger charge is -2.23. The molecule has 0 radical (unpaired) electrons. The molecule has 0 aliphatic carbocycles. The number of aliphatic hydroxyl groups is 1. The van der Waals surface area contributed by atoms with Crippen LogP contribution in [0, 0.1) is 5.82 Å². The molecule has 1 fully saturated rings. The first-order valence-corrected chi connectivity index (χ1v) is 14.9. The van der Waals surface area contributed by atoms with Crippen molar-refractivity contribution in [1.82, 2.24) is 10.2 Å². The van der Waals surface area contributed by atoms with Gasteiger partial charge in [0.05, 0.1) is 18.2 Å². The molecule has 1 amide bonds. The van der Waals surface area contributed by atoms with Gasteiger partial charge in [0, 0.05) is 11.3 Å². The fraction of sp³-hybridized carbons (Fsp3) is 0.200. The monoisotopic (exact) mass is 605 g/mol. The number of ketones is 1. The quantitative estimate of drug-likeness (QED) is 0.0880. The van der Waals surface area contributed by atoms with Gasteiger partial charge in [0.1, 0.15) is 30.5 Å². The van der Waals surface area contributed by atoms with E-state index >= 15 is 0 Å². The van der Waals surface area contributed by atoms with E-state index in [1.165, 1.54) is 28.8 Å². The molecule has 0 saturated carbocycles. The van der Waals surface area contributed by atoms with E-state index < -0.39 is 17.7 Å². The average Bonchev–Trinajstić information content (AvgIpc) is 3.58. The molecule has 1 atom stereocenters. The highest BCUT2D eigenvalue weighted by atomic mass is 32.2. The summed E-state index contributed by atoms with van der Waals surface area (Å²) in [5, 5.41) is 20.2. The number of hydrogen-bond donors (Lipinski definition) is 1. The molecule has 2 aliphatic rings. The predicted molar refractivity (Wildman–Crippen MR) is 156 cm³/mol. The Kier molecular flexibility index (Phi) is 7.81. The first kappa shape index (κ1) is 27.7. The Morgan fingerprint density at radius 1 is 1.07 bits per heavy atom. The topological polar surface area (TPSA) is 111 Å². The van der Waals surface area contributed by atoms with E-state index in [1.54, 1.807) is 54.6 Å². The first-order valence-electron chi connectivity index (χ1n) is 13.1. The van der Waals surface area contributed by atoms with E-state index in [9.17, 15) is 19.1 Å². The second-order valence-electron chi connectivity index (χ2n) is 9.30. The van der Waals surface area contributed by atoms with E-state index in [2.05, 4.69) is 10.2 Å². The number of thioether (sulfide) groups is 1. The lowest BCUT2D eigenvalue weighted by molar-refractivity contribution is -0.132. The maximum absolute atomic E-state index is 13.6. The number of aromatic nitrogens is 2. The van der Waals surface area contributed by atoms with Gasteiger partial charge >= 0.3 is 5.91 Å². The van der Waals surface area contributed by atoms with Crippen LogP contribution in [0.15, 0.2) is 76.6 Å². The fourth-order valence-corrected chi connectivity index (χ4v) is 6.54. The van der Waals surface area contributed by atoms with Crippen LogP contribution in [0.3, 0.4) is 0 Å². The van der Waals surface area contributed by atoms with Crippen molar-refractivity contribution < 1.29 is 33.3 Å². The summed E-state index contributed by atoms with van der Waals surface area (Å²) in [5.41, 5.74) is 1.65. The summed E-state index contributed by atoms with van der Waals surface area (Å²) in [6.07, 6.45) is 0. The third kappa shape index (κ3) is 5.42. The lowest BCUT2D eigenvalue weighted by atomic mass is 9.95. The van der Waals surface area contributed by atoms with Crippen LogP contribution in [0.4, 0.5) is 9.52 Å². The van der Waals surface area contributed by atoms with Crippen LogP contribution in [0.25, 0.3) is 5.76 Å². The molecule has 3 aromatic carbocycles. The number of Topliss-reactive ketones (excluding diaryl/α,β-unsaturated/α-hetero) is 1. The molecular weight excluding hydrogens is 581 g/mol.